The Morgan fingerprint density at radius 2 is 1.75 bits per heavy atom. The van der Waals surface area contributed by atoms with E-state index in [1.54, 1.807) is 6.92 Å². The summed E-state index contributed by atoms with van der Waals surface area (Å²) < 4.78 is 69.1. The standard InChI is InChI=1S/C23H17BrClF3N2O5S/c1-12-8-15(36(29,33)34)4-6-19(12)30-21(31)11-35-20-7-3-14(25)10-17(20)22(32)16-5-2-13(24)9-18(16)23(26,27)28/h2-10H,11H2,1H3,(H,30,31)(H2,29,33,34). The molecule has 0 aliphatic rings. The lowest BCUT2D eigenvalue weighted by molar-refractivity contribution is -0.138. The number of ether oxygens (including phenoxy) is 1. The lowest BCUT2D eigenvalue weighted by atomic mass is 9.97. The van der Waals surface area contributed by atoms with E-state index >= 15 is 0 Å². The largest absolute Gasteiger partial charge is 0.483 e. The number of alkyl halides is 3. The highest BCUT2D eigenvalue weighted by molar-refractivity contribution is 9.10. The fourth-order valence-corrected chi connectivity index (χ4v) is 4.31. The van der Waals surface area contributed by atoms with Gasteiger partial charge in [0.05, 0.1) is 16.0 Å². The number of ketones is 1. The fourth-order valence-electron chi connectivity index (χ4n) is 3.18. The molecule has 3 aromatic rings. The summed E-state index contributed by atoms with van der Waals surface area (Å²) in [6.07, 6.45) is -4.80. The Morgan fingerprint density at radius 1 is 1.06 bits per heavy atom. The van der Waals surface area contributed by atoms with Crippen molar-refractivity contribution < 1.29 is 35.9 Å². The van der Waals surface area contributed by atoms with Crippen molar-refractivity contribution in [2.45, 2.75) is 18.0 Å². The summed E-state index contributed by atoms with van der Waals surface area (Å²) in [4.78, 5) is 25.4. The number of halogens is 5. The molecule has 0 radical (unpaired) electrons. The quantitative estimate of drug-likeness (QED) is 0.354. The summed E-state index contributed by atoms with van der Waals surface area (Å²) in [5, 5.41) is 7.68. The second-order valence-corrected chi connectivity index (χ2v) is 10.4. The highest BCUT2D eigenvalue weighted by Gasteiger charge is 2.36. The van der Waals surface area contributed by atoms with E-state index in [1.165, 1.54) is 36.4 Å². The van der Waals surface area contributed by atoms with Gasteiger partial charge < -0.3 is 10.1 Å². The molecule has 0 spiro atoms. The van der Waals surface area contributed by atoms with E-state index in [9.17, 15) is 31.2 Å². The zero-order valence-electron chi connectivity index (χ0n) is 18.3. The van der Waals surface area contributed by atoms with Gasteiger partial charge in [0, 0.05) is 20.7 Å². The number of nitrogens with one attached hydrogen (secondary N) is 1. The van der Waals surface area contributed by atoms with Crippen LogP contribution < -0.4 is 15.2 Å². The predicted molar refractivity (Wildman–Crippen MR) is 131 cm³/mol. The van der Waals surface area contributed by atoms with Crippen LogP contribution in [0, 0.1) is 6.92 Å². The SMILES string of the molecule is Cc1cc(S(N)(=O)=O)ccc1NC(=O)COc1ccc(Cl)cc1C(=O)c1ccc(Br)cc1C(F)(F)F. The van der Waals surface area contributed by atoms with E-state index in [-0.39, 0.29) is 31.4 Å². The molecule has 0 saturated heterocycles. The van der Waals surface area contributed by atoms with Gasteiger partial charge in [0.2, 0.25) is 10.0 Å². The highest BCUT2D eigenvalue weighted by atomic mass is 79.9. The molecule has 0 aliphatic heterocycles. The summed E-state index contributed by atoms with van der Waals surface area (Å²) in [7, 11) is -3.92. The number of sulfonamides is 1. The number of anilines is 1. The van der Waals surface area contributed by atoms with Crippen LogP contribution in [0.1, 0.15) is 27.0 Å². The molecule has 3 N–H and O–H groups in total. The maximum absolute atomic E-state index is 13.5. The molecule has 0 aliphatic carbocycles. The number of aryl methyl sites for hydroxylation is 1. The molecule has 3 rings (SSSR count). The van der Waals surface area contributed by atoms with Gasteiger partial charge in [-0.15, -0.1) is 0 Å². The van der Waals surface area contributed by atoms with Gasteiger partial charge in [0.25, 0.3) is 5.91 Å². The van der Waals surface area contributed by atoms with E-state index < -0.39 is 45.6 Å². The number of primary sulfonamides is 1. The maximum Gasteiger partial charge on any atom is 0.417 e. The molecular weight excluding hydrogens is 589 g/mol. The van der Waals surface area contributed by atoms with Crippen molar-refractivity contribution in [3.05, 3.63) is 86.3 Å². The first-order valence-corrected chi connectivity index (χ1v) is 12.7. The Morgan fingerprint density at radius 3 is 2.36 bits per heavy atom. The molecule has 13 heteroatoms. The number of hydrogen-bond acceptors (Lipinski definition) is 5. The fraction of sp³-hybridized carbons (Fsp3) is 0.130. The van der Waals surface area contributed by atoms with Gasteiger partial charge in [0.15, 0.2) is 12.4 Å². The van der Waals surface area contributed by atoms with Crippen molar-refractivity contribution in [1.29, 1.82) is 0 Å². The van der Waals surface area contributed by atoms with Gasteiger partial charge >= 0.3 is 6.18 Å². The van der Waals surface area contributed by atoms with Gasteiger partial charge in [-0.05, 0) is 67.1 Å². The number of carbonyl (C=O) groups excluding carboxylic acids is 2. The summed E-state index contributed by atoms with van der Waals surface area (Å²) in [6, 6.07) is 10.7. The molecule has 0 atom stereocenters. The number of amides is 1. The van der Waals surface area contributed by atoms with Crippen LogP contribution in [-0.4, -0.2) is 26.7 Å². The maximum atomic E-state index is 13.5. The van der Waals surface area contributed by atoms with Crippen molar-refractivity contribution in [2.75, 3.05) is 11.9 Å². The highest BCUT2D eigenvalue weighted by Crippen LogP contribution is 2.36. The molecule has 0 unspecified atom stereocenters. The Hall–Kier alpha value is -2.93. The van der Waals surface area contributed by atoms with Crippen LogP contribution in [0.2, 0.25) is 5.02 Å². The lowest BCUT2D eigenvalue weighted by Gasteiger charge is -2.15. The molecular formula is C23H17BrClF3N2O5S. The molecule has 1 amide bonds. The molecule has 3 aromatic carbocycles. The summed E-state index contributed by atoms with van der Waals surface area (Å²) >= 11 is 8.94. The third-order valence-corrected chi connectivity index (χ3v) is 6.52. The number of nitrogens with two attached hydrogens (primary N) is 1. The lowest BCUT2D eigenvalue weighted by Crippen LogP contribution is -2.22. The minimum Gasteiger partial charge on any atom is -0.483 e. The van der Waals surface area contributed by atoms with Crippen molar-refractivity contribution in [3.8, 4) is 5.75 Å². The number of hydrogen-bond donors (Lipinski definition) is 2. The molecule has 7 nitrogen and oxygen atoms in total. The van der Waals surface area contributed by atoms with Gasteiger partial charge in [-0.1, -0.05) is 27.5 Å². The van der Waals surface area contributed by atoms with Crippen molar-refractivity contribution in [1.82, 2.24) is 0 Å². The first-order chi connectivity index (χ1) is 16.7. The average Bonchev–Trinajstić information content (AvgIpc) is 2.77. The monoisotopic (exact) mass is 604 g/mol. The number of rotatable bonds is 7. The van der Waals surface area contributed by atoms with Crippen LogP contribution in [0.3, 0.4) is 0 Å². The van der Waals surface area contributed by atoms with E-state index in [0.717, 1.165) is 18.2 Å². The van der Waals surface area contributed by atoms with Crippen molar-refractivity contribution in [3.63, 3.8) is 0 Å². The topological polar surface area (TPSA) is 116 Å². The van der Waals surface area contributed by atoms with Crippen molar-refractivity contribution >= 4 is 54.9 Å². The molecule has 190 valence electrons. The van der Waals surface area contributed by atoms with Crippen LogP contribution >= 0.6 is 27.5 Å². The van der Waals surface area contributed by atoms with E-state index in [2.05, 4.69) is 21.2 Å². The third-order valence-electron chi connectivity index (χ3n) is 4.88. The van der Waals surface area contributed by atoms with Crippen LogP contribution in [0.15, 0.2) is 64.0 Å². The second kappa shape index (κ2) is 10.6. The molecule has 0 fully saturated rings. The first-order valence-electron chi connectivity index (χ1n) is 9.94. The zero-order valence-corrected chi connectivity index (χ0v) is 21.5. The first kappa shape index (κ1) is 27.7. The van der Waals surface area contributed by atoms with Crippen molar-refractivity contribution in [2.24, 2.45) is 5.14 Å². The van der Waals surface area contributed by atoms with Crippen LogP contribution in [-0.2, 0) is 21.0 Å². The van der Waals surface area contributed by atoms with Gasteiger partial charge in [-0.2, -0.15) is 13.2 Å². The Bertz CT molecular complexity index is 1460. The zero-order chi connectivity index (χ0) is 26.8. The summed E-state index contributed by atoms with van der Waals surface area (Å²) in [6.45, 7) is 0.947. The average molecular weight is 606 g/mol. The molecule has 36 heavy (non-hydrogen) atoms. The van der Waals surface area contributed by atoms with Crippen LogP contribution in [0.4, 0.5) is 18.9 Å². The number of carbonyl (C=O) groups is 2. The molecule has 0 saturated carbocycles. The van der Waals surface area contributed by atoms with Crippen LogP contribution in [0.5, 0.6) is 5.75 Å². The normalized spacial score (nSPS) is 11.8. The predicted octanol–water partition coefficient (Wildman–Crippen LogP) is 5.33. The Labute approximate surface area is 217 Å². The van der Waals surface area contributed by atoms with E-state index in [1.807, 2.05) is 0 Å². The molecule has 0 heterocycles. The summed E-state index contributed by atoms with van der Waals surface area (Å²) in [5.74, 6) is -1.83. The van der Waals surface area contributed by atoms with E-state index in [4.69, 9.17) is 21.5 Å². The summed E-state index contributed by atoms with van der Waals surface area (Å²) in [5.41, 5.74) is -1.34. The molecule has 0 aromatic heterocycles. The minimum atomic E-state index is -4.80. The van der Waals surface area contributed by atoms with Crippen LogP contribution in [0.25, 0.3) is 0 Å². The Kier molecular flexibility index (Phi) is 8.13. The smallest absolute Gasteiger partial charge is 0.417 e. The second-order valence-electron chi connectivity index (χ2n) is 7.52. The molecule has 0 bridgehead atoms. The van der Waals surface area contributed by atoms with Gasteiger partial charge in [-0.3, -0.25) is 9.59 Å². The van der Waals surface area contributed by atoms with Gasteiger partial charge in [-0.25, -0.2) is 13.6 Å². The van der Waals surface area contributed by atoms with Gasteiger partial charge in [0.1, 0.15) is 5.75 Å². The Balaban J connectivity index is 1.83. The van der Waals surface area contributed by atoms with E-state index in [0.29, 0.717) is 5.56 Å². The minimum absolute atomic E-state index is 0.0754. The third kappa shape index (κ3) is 6.64. The number of benzene rings is 3.